The largest absolute Gasteiger partial charge is 0.356 e. The van der Waals surface area contributed by atoms with Crippen LogP contribution >= 0.6 is 11.6 Å². The van der Waals surface area contributed by atoms with E-state index in [-0.39, 0.29) is 0 Å². The summed E-state index contributed by atoms with van der Waals surface area (Å²) in [5.41, 5.74) is 1.42. The van der Waals surface area contributed by atoms with E-state index in [0.717, 1.165) is 11.1 Å². The molecule has 1 fully saturated rings. The molecule has 18 heavy (non-hydrogen) atoms. The average Bonchev–Trinajstić information content (AvgIpc) is 2.64. The van der Waals surface area contributed by atoms with E-state index in [1.165, 1.54) is 0 Å². The number of halogens is 3. The molecule has 0 saturated carbocycles. The molecule has 1 saturated heterocycles. The van der Waals surface area contributed by atoms with Crippen LogP contribution in [0.15, 0.2) is 22.7 Å². The van der Waals surface area contributed by atoms with Gasteiger partial charge in [0.25, 0.3) is 0 Å². The van der Waals surface area contributed by atoms with E-state index in [2.05, 4.69) is 5.16 Å². The van der Waals surface area contributed by atoms with E-state index in [4.69, 9.17) is 16.1 Å². The van der Waals surface area contributed by atoms with Crippen molar-refractivity contribution in [3.8, 4) is 0 Å². The number of nitrogens with zero attached hydrogens (tertiary/aromatic N) is 2. The molecule has 1 aromatic carbocycles. The lowest BCUT2D eigenvalue weighted by atomic mass is 10.0. The summed E-state index contributed by atoms with van der Waals surface area (Å²) in [7, 11) is 0. The normalized spacial score (nSPS) is 17.6. The molecule has 0 atom stereocenters. The maximum absolute atomic E-state index is 12.4. The lowest BCUT2D eigenvalue weighted by molar-refractivity contribution is -0.0285. The number of rotatable bonds is 3. The highest BCUT2D eigenvalue weighted by Gasteiger charge is 2.34. The quantitative estimate of drug-likeness (QED) is 0.859. The Bertz CT molecular complexity index is 566. The molecule has 3 rings (SSSR count). The van der Waals surface area contributed by atoms with Crippen LogP contribution in [-0.4, -0.2) is 29.6 Å². The van der Waals surface area contributed by atoms with Gasteiger partial charge in [0.15, 0.2) is 5.58 Å². The number of hydrogen-bond donors (Lipinski definition) is 0. The first-order valence-corrected chi connectivity index (χ1v) is 6.05. The van der Waals surface area contributed by atoms with Gasteiger partial charge in [-0.25, -0.2) is 8.78 Å². The Hall–Kier alpha value is -1.20. The van der Waals surface area contributed by atoms with Gasteiger partial charge in [-0.05, 0) is 18.2 Å². The Kier molecular flexibility index (Phi) is 2.95. The van der Waals surface area contributed by atoms with E-state index in [1.54, 1.807) is 18.2 Å². The summed E-state index contributed by atoms with van der Waals surface area (Å²) in [6, 6.07) is 5.27. The Morgan fingerprint density at radius 3 is 2.94 bits per heavy atom. The first-order chi connectivity index (χ1) is 8.63. The highest BCUT2D eigenvalue weighted by Crippen LogP contribution is 2.27. The standard InChI is InChI=1S/C12H11ClF2N2O/c13-8-1-2-11-9(3-8)10(16-18-11)6-17-4-7(5-17)12(14)15/h1-3,7,12H,4-6H2. The van der Waals surface area contributed by atoms with E-state index < -0.39 is 12.3 Å². The van der Waals surface area contributed by atoms with Gasteiger partial charge in [0, 0.05) is 36.0 Å². The van der Waals surface area contributed by atoms with Gasteiger partial charge in [0.2, 0.25) is 6.43 Å². The van der Waals surface area contributed by atoms with Crippen molar-refractivity contribution in [2.45, 2.75) is 13.0 Å². The fourth-order valence-corrected chi connectivity index (χ4v) is 2.36. The Balaban J connectivity index is 1.74. The Morgan fingerprint density at radius 1 is 1.44 bits per heavy atom. The third-order valence-corrected chi connectivity index (χ3v) is 3.46. The minimum atomic E-state index is -2.23. The van der Waals surface area contributed by atoms with Gasteiger partial charge in [0.1, 0.15) is 5.69 Å². The Morgan fingerprint density at radius 2 is 2.22 bits per heavy atom. The lowest BCUT2D eigenvalue weighted by Crippen LogP contribution is -2.49. The lowest BCUT2D eigenvalue weighted by Gasteiger charge is -2.38. The van der Waals surface area contributed by atoms with Crippen LogP contribution in [0.3, 0.4) is 0 Å². The predicted octanol–water partition coefficient (Wildman–Crippen LogP) is 3.18. The molecule has 0 radical (unpaired) electrons. The molecule has 0 bridgehead atoms. The van der Waals surface area contributed by atoms with E-state index in [0.29, 0.717) is 30.2 Å². The number of alkyl halides is 2. The first kappa shape index (κ1) is 11.9. The van der Waals surface area contributed by atoms with Gasteiger partial charge in [-0.3, -0.25) is 4.90 Å². The molecular weight excluding hydrogens is 262 g/mol. The second-order valence-electron chi connectivity index (χ2n) is 4.56. The molecule has 0 spiro atoms. The third-order valence-electron chi connectivity index (χ3n) is 3.22. The van der Waals surface area contributed by atoms with Crippen molar-refractivity contribution in [3.63, 3.8) is 0 Å². The summed E-state index contributed by atoms with van der Waals surface area (Å²) in [6.07, 6.45) is -2.23. The van der Waals surface area contributed by atoms with Crippen LogP contribution in [0.2, 0.25) is 5.02 Å². The molecule has 1 aromatic heterocycles. The molecule has 3 nitrogen and oxygen atoms in total. The zero-order chi connectivity index (χ0) is 12.7. The molecule has 1 aliphatic heterocycles. The van der Waals surface area contributed by atoms with Crippen molar-refractivity contribution in [3.05, 3.63) is 28.9 Å². The van der Waals surface area contributed by atoms with Crippen LogP contribution in [0.25, 0.3) is 11.0 Å². The maximum atomic E-state index is 12.4. The van der Waals surface area contributed by atoms with Crippen LogP contribution in [0.1, 0.15) is 5.69 Å². The molecule has 6 heteroatoms. The van der Waals surface area contributed by atoms with Crippen LogP contribution in [0.5, 0.6) is 0 Å². The minimum Gasteiger partial charge on any atom is -0.356 e. The van der Waals surface area contributed by atoms with E-state index in [9.17, 15) is 8.78 Å². The predicted molar refractivity (Wildman–Crippen MR) is 63.8 cm³/mol. The summed E-state index contributed by atoms with van der Waals surface area (Å²) in [6.45, 7) is 1.34. The summed E-state index contributed by atoms with van der Waals surface area (Å²) in [4.78, 5) is 1.93. The van der Waals surface area contributed by atoms with Crippen LogP contribution in [0, 0.1) is 5.92 Å². The van der Waals surface area contributed by atoms with Crippen LogP contribution in [-0.2, 0) is 6.54 Å². The van der Waals surface area contributed by atoms with Gasteiger partial charge in [0.05, 0.1) is 0 Å². The maximum Gasteiger partial charge on any atom is 0.243 e. The highest BCUT2D eigenvalue weighted by molar-refractivity contribution is 6.31. The summed E-state index contributed by atoms with van der Waals surface area (Å²) in [5, 5.41) is 5.43. The van der Waals surface area contributed by atoms with Gasteiger partial charge in [-0.15, -0.1) is 0 Å². The highest BCUT2D eigenvalue weighted by atomic mass is 35.5. The monoisotopic (exact) mass is 272 g/mol. The molecule has 1 aliphatic rings. The average molecular weight is 273 g/mol. The van der Waals surface area contributed by atoms with Gasteiger partial charge >= 0.3 is 0 Å². The molecule has 0 unspecified atom stereocenters. The number of benzene rings is 1. The number of hydrogen-bond acceptors (Lipinski definition) is 3. The van der Waals surface area contributed by atoms with E-state index in [1.807, 2.05) is 4.90 Å². The number of aromatic nitrogens is 1. The minimum absolute atomic E-state index is 0.409. The van der Waals surface area contributed by atoms with Crippen LogP contribution < -0.4 is 0 Å². The fraction of sp³-hybridized carbons (Fsp3) is 0.417. The zero-order valence-electron chi connectivity index (χ0n) is 9.44. The molecule has 96 valence electrons. The number of fused-ring (bicyclic) bond motifs is 1. The summed E-state index contributed by atoms with van der Waals surface area (Å²) in [5.74, 6) is -0.508. The molecule has 0 amide bonds. The van der Waals surface area contributed by atoms with Crippen molar-refractivity contribution in [1.82, 2.24) is 10.1 Å². The topological polar surface area (TPSA) is 29.3 Å². The van der Waals surface area contributed by atoms with Crippen LogP contribution in [0.4, 0.5) is 8.78 Å². The van der Waals surface area contributed by atoms with Gasteiger partial charge in [-0.2, -0.15) is 0 Å². The molecule has 2 heterocycles. The fourth-order valence-electron chi connectivity index (χ4n) is 2.18. The van der Waals surface area contributed by atoms with Crippen molar-refractivity contribution in [2.24, 2.45) is 5.92 Å². The van der Waals surface area contributed by atoms with Crippen molar-refractivity contribution >= 4 is 22.6 Å². The van der Waals surface area contributed by atoms with Crippen molar-refractivity contribution in [1.29, 1.82) is 0 Å². The Labute approximate surface area is 107 Å². The van der Waals surface area contributed by atoms with Gasteiger partial charge < -0.3 is 4.52 Å². The second kappa shape index (κ2) is 4.48. The number of likely N-dealkylation sites (tertiary alicyclic amines) is 1. The first-order valence-electron chi connectivity index (χ1n) is 5.68. The molecule has 2 aromatic rings. The van der Waals surface area contributed by atoms with Crippen molar-refractivity contribution < 1.29 is 13.3 Å². The SMILES string of the molecule is FC(F)C1CN(Cc2noc3ccc(Cl)cc23)C1. The molecule has 0 aliphatic carbocycles. The summed E-state index contributed by atoms with van der Waals surface area (Å²) < 4.78 is 29.9. The van der Waals surface area contributed by atoms with Gasteiger partial charge in [-0.1, -0.05) is 16.8 Å². The summed E-state index contributed by atoms with van der Waals surface area (Å²) >= 11 is 5.91. The molecular formula is C12H11ClF2N2O. The zero-order valence-corrected chi connectivity index (χ0v) is 10.2. The van der Waals surface area contributed by atoms with E-state index >= 15 is 0 Å². The van der Waals surface area contributed by atoms with Crippen molar-refractivity contribution in [2.75, 3.05) is 13.1 Å². The second-order valence-corrected chi connectivity index (χ2v) is 4.99. The third kappa shape index (κ3) is 2.08. The molecule has 0 N–H and O–H groups in total. The smallest absolute Gasteiger partial charge is 0.243 e.